The van der Waals surface area contributed by atoms with Crippen LogP contribution >= 0.6 is 39.9 Å². The Bertz CT molecular complexity index is 1420. The number of nitrogens with zero attached hydrogens (tertiary/aromatic N) is 2. The fourth-order valence-corrected chi connectivity index (χ4v) is 5.92. The Hall–Kier alpha value is -2.67. The molecule has 0 unspecified atom stereocenters. The molecule has 6 heteroatoms. The van der Waals surface area contributed by atoms with E-state index in [1.807, 2.05) is 42.5 Å². The van der Waals surface area contributed by atoms with Crippen LogP contribution in [0, 0.1) is 13.8 Å². The van der Waals surface area contributed by atoms with E-state index in [1.165, 1.54) is 22.5 Å². The summed E-state index contributed by atoms with van der Waals surface area (Å²) >= 11 is 10.5. The number of aromatic nitrogens is 1. The van der Waals surface area contributed by atoms with Gasteiger partial charge in [0, 0.05) is 21.2 Å². The minimum Gasteiger partial charge on any atom is -0.317 e. The maximum atomic E-state index is 13.1. The van der Waals surface area contributed by atoms with Crippen LogP contribution in [0.15, 0.2) is 82.2 Å². The molecule has 0 radical (unpaired) electrons. The number of fused-ring (bicyclic) bond motifs is 1. The molecule has 2 heterocycles. The molecule has 0 N–H and O–H groups in total. The highest BCUT2D eigenvalue weighted by Gasteiger charge is 2.33. The van der Waals surface area contributed by atoms with Crippen molar-refractivity contribution in [2.45, 2.75) is 13.8 Å². The number of carbonyl (C=O) groups is 1. The molecular weight excluding hydrogens is 500 g/mol. The van der Waals surface area contributed by atoms with Gasteiger partial charge in [-0.2, -0.15) is 0 Å². The zero-order valence-electron chi connectivity index (χ0n) is 17.5. The number of para-hydroxylation sites is 1. The Morgan fingerprint density at radius 1 is 0.938 bits per heavy atom. The second-order valence-electron chi connectivity index (χ2n) is 7.63. The number of anilines is 1. The molecular formula is C26H19BrN2OS2. The standard InChI is InChI=1S/C26H19BrN2OS2/c1-16-14-18(15-24-25(30)29(26(31)32-24)19-8-4-3-5-9-19)17(2)28(16)23-13-12-22(27)20-10-6-7-11-21(20)23/h3-15H,1-2H3/b24-15-. The summed E-state index contributed by atoms with van der Waals surface area (Å²) < 4.78 is 3.88. The summed E-state index contributed by atoms with van der Waals surface area (Å²) in [7, 11) is 0. The van der Waals surface area contributed by atoms with Gasteiger partial charge in [0.05, 0.1) is 16.3 Å². The SMILES string of the molecule is Cc1cc(/C=C2\SC(=S)N(c3ccccc3)C2=O)c(C)n1-c1ccc(Br)c2ccccc12. The second-order valence-corrected chi connectivity index (χ2v) is 10.2. The Labute approximate surface area is 204 Å². The normalized spacial score (nSPS) is 15.3. The first-order valence-electron chi connectivity index (χ1n) is 10.2. The summed E-state index contributed by atoms with van der Waals surface area (Å²) in [6, 6.07) is 24.3. The molecule has 4 aromatic rings. The van der Waals surface area contributed by atoms with Crippen LogP contribution in [0.1, 0.15) is 17.0 Å². The molecule has 1 saturated heterocycles. The number of thiocarbonyl (C=S) groups is 1. The Balaban J connectivity index is 1.58. The monoisotopic (exact) mass is 518 g/mol. The van der Waals surface area contributed by atoms with E-state index in [1.54, 1.807) is 4.90 Å². The molecule has 3 aromatic carbocycles. The van der Waals surface area contributed by atoms with Crippen LogP contribution in [-0.2, 0) is 4.79 Å². The van der Waals surface area contributed by atoms with Crippen molar-refractivity contribution >= 4 is 72.7 Å². The number of carbonyl (C=O) groups excluding carboxylic acids is 1. The Morgan fingerprint density at radius 2 is 1.62 bits per heavy atom. The maximum Gasteiger partial charge on any atom is 0.270 e. The van der Waals surface area contributed by atoms with Crippen LogP contribution in [0.25, 0.3) is 22.5 Å². The van der Waals surface area contributed by atoms with E-state index in [-0.39, 0.29) is 5.91 Å². The molecule has 1 amide bonds. The molecule has 0 atom stereocenters. The number of rotatable bonds is 3. The molecule has 1 aromatic heterocycles. The van der Waals surface area contributed by atoms with E-state index in [0.717, 1.165) is 32.8 Å². The smallest absolute Gasteiger partial charge is 0.270 e. The van der Waals surface area contributed by atoms with Crippen molar-refractivity contribution in [3.63, 3.8) is 0 Å². The van der Waals surface area contributed by atoms with Gasteiger partial charge >= 0.3 is 0 Å². The zero-order chi connectivity index (χ0) is 22.4. The lowest BCUT2D eigenvalue weighted by Crippen LogP contribution is -2.27. The average Bonchev–Trinajstić information content (AvgIpc) is 3.23. The van der Waals surface area contributed by atoms with Gasteiger partial charge in [-0.05, 0) is 61.2 Å². The first-order chi connectivity index (χ1) is 15.5. The number of thioether (sulfide) groups is 1. The van der Waals surface area contributed by atoms with Crippen LogP contribution in [0.3, 0.4) is 0 Å². The summed E-state index contributed by atoms with van der Waals surface area (Å²) in [6.07, 6.45) is 1.96. The third-order valence-corrected chi connectivity index (χ3v) is 7.65. The van der Waals surface area contributed by atoms with Crippen molar-refractivity contribution in [3.8, 4) is 5.69 Å². The van der Waals surface area contributed by atoms with Crippen LogP contribution in [-0.4, -0.2) is 14.8 Å². The summed E-state index contributed by atoms with van der Waals surface area (Å²) in [5.74, 6) is -0.0786. The Kier molecular flexibility index (Phi) is 5.53. The van der Waals surface area contributed by atoms with E-state index in [2.05, 4.69) is 70.7 Å². The van der Waals surface area contributed by atoms with Gasteiger partial charge in [-0.1, -0.05) is 82.4 Å². The topological polar surface area (TPSA) is 25.2 Å². The lowest BCUT2D eigenvalue weighted by atomic mass is 10.1. The first kappa shape index (κ1) is 21.2. The number of benzene rings is 3. The molecule has 0 saturated carbocycles. The highest BCUT2D eigenvalue weighted by molar-refractivity contribution is 9.10. The quantitative estimate of drug-likeness (QED) is 0.208. The van der Waals surface area contributed by atoms with Crippen molar-refractivity contribution < 1.29 is 4.79 Å². The third-order valence-electron chi connectivity index (χ3n) is 5.65. The number of hydrogen-bond donors (Lipinski definition) is 0. The highest BCUT2D eigenvalue weighted by atomic mass is 79.9. The minimum absolute atomic E-state index is 0.0786. The third kappa shape index (κ3) is 3.52. The van der Waals surface area contributed by atoms with E-state index in [0.29, 0.717) is 9.23 Å². The van der Waals surface area contributed by atoms with E-state index < -0.39 is 0 Å². The van der Waals surface area contributed by atoms with Crippen molar-refractivity contribution in [3.05, 3.63) is 99.1 Å². The van der Waals surface area contributed by atoms with E-state index in [4.69, 9.17) is 12.2 Å². The fourth-order valence-electron chi connectivity index (χ4n) is 4.15. The predicted octanol–water partition coefficient (Wildman–Crippen LogP) is 7.42. The van der Waals surface area contributed by atoms with Gasteiger partial charge in [0.1, 0.15) is 0 Å². The van der Waals surface area contributed by atoms with Gasteiger partial charge < -0.3 is 4.57 Å². The lowest BCUT2D eigenvalue weighted by Gasteiger charge is -2.14. The molecule has 1 aliphatic heterocycles. The Morgan fingerprint density at radius 3 is 2.38 bits per heavy atom. The highest BCUT2D eigenvalue weighted by Crippen LogP contribution is 2.37. The zero-order valence-corrected chi connectivity index (χ0v) is 20.7. The number of hydrogen-bond acceptors (Lipinski definition) is 3. The van der Waals surface area contributed by atoms with Crippen molar-refractivity contribution in [1.29, 1.82) is 0 Å². The second kappa shape index (κ2) is 8.35. The minimum atomic E-state index is -0.0786. The van der Waals surface area contributed by atoms with Crippen LogP contribution < -0.4 is 4.90 Å². The summed E-state index contributed by atoms with van der Waals surface area (Å²) in [4.78, 5) is 15.4. The van der Waals surface area contributed by atoms with Gasteiger partial charge in [-0.3, -0.25) is 9.69 Å². The molecule has 0 bridgehead atoms. The fraction of sp³-hybridized carbons (Fsp3) is 0.0769. The predicted molar refractivity (Wildman–Crippen MR) is 143 cm³/mol. The van der Waals surface area contributed by atoms with Crippen molar-refractivity contribution in [2.75, 3.05) is 4.90 Å². The average molecular weight is 519 g/mol. The van der Waals surface area contributed by atoms with Gasteiger partial charge in [0.2, 0.25) is 0 Å². The largest absolute Gasteiger partial charge is 0.317 e. The molecule has 3 nitrogen and oxygen atoms in total. The maximum absolute atomic E-state index is 13.1. The lowest BCUT2D eigenvalue weighted by molar-refractivity contribution is -0.113. The molecule has 158 valence electrons. The van der Waals surface area contributed by atoms with Crippen LogP contribution in [0.2, 0.25) is 0 Å². The van der Waals surface area contributed by atoms with Crippen molar-refractivity contribution in [2.24, 2.45) is 0 Å². The van der Waals surface area contributed by atoms with Gasteiger partial charge in [-0.25, -0.2) is 0 Å². The van der Waals surface area contributed by atoms with Gasteiger partial charge in [-0.15, -0.1) is 0 Å². The molecule has 5 rings (SSSR count). The van der Waals surface area contributed by atoms with Crippen molar-refractivity contribution in [1.82, 2.24) is 4.57 Å². The molecule has 1 fully saturated rings. The van der Waals surface area contributed by atoms with E-state index >= 15 is 0 Å². The summed E-state index contributed by atoms with van der Waals surface area (Å²) in [6.45, 7) is 4.18. The van der Waals surface area contributed by atoms with Crippen LogP contribution in [0.4, 0.5) is 5.69 Å². The van der Waals surface area contributed by atoms with Gasteiger partial charge in [0.15, 0.2) is 4.32 Å². The summed E-state index contributed by atoms with van der Waals surface area (Å²) in [5, 5.41) is 2.34. The van der Waals surface area contributed by atoms with E-state index in [9.17, 15) is 4.79 Å². The first-order valence-corrected chi connectivity index (χ1v) is 12.2. The number of aryl methyl sites for hydroxylation is 1. The molecule has 1 aliphatic rings. The molecule has 0 spiro atoms. The summed E-state index contributed by atoms with van der Waals surface area (Å²) in [5.41, 5.74) is 5.13. The van der Waals surface area contributed by atoms with Crippen LogP contribution in [0.5, 0.6) is 0 Å². The number of halogens is 1. The number of amides is 1. The van der Waals surface area contributed by atoms with Gasteiger partial charge in [0.25, 0.3) is 5.91 Å². The molecule has 32 heavy (non-hydrogen) atoms. The molecule has 0 aliphatic carbocycles.